The van der Waals surface area contributed by atoms with E-state index >= 15 is 0 Å². The van der Waals surface area contributed by atoms with Crippen molar-refractivity contribution in [2.45, 2.75) is 45.3 Å². The lowest BCUT2D eigenvalue weighted by Gasteiger charge is -2.31. The Morgan fingerprint density at radius 3 is 2.37 bits per heavy atom. The standard InChI is InChI=1S/C25H32FN3O/c26-24-9-2-1-8-23(24)19-29-14-10-22(11-15-29)25(30)27-17-20-6-5-7-21(16-20)18-28-12-3-4-13-28/h1-2,5-9,16,22H,3-4,10-15,17-19H2,(H,27,30). The van der Waals surface area contributed by atoms with Gasteiger partial charge in [-0.2, -0.15) is 0 Å². The summed E-state index contributed by atoms with van der Waals surface area (Å²) in [5, 5.41) is 3.13. The zero-order valence-corrected chi connectivity index (χ0v) is 17.7. The topological polar surface area (TPSA) is 35.6 Å². The summed E-state index contributed by atoms with van der Waals surface area (Å²) < 4.78 is 13.9. The molecule has 5 heteroatoms. The smallest absolute Gasteiger partial charge is 0.223 e. The highest BCUT2D eigenvalue weighted by Crippen LogP contribution is 2.20. The van der Waals surface area contributed by atoms with Gasteiger partial charge in [0.25, 0.3) is 0 Å². The highest BCUT2D eigenvalue weighted by molar-refractivity contribution is 5.78. The molecule has 30 heavy (non-hydrogen) atoms. The lowest BCUT2D eigenvalue weighted by atomic mass is 9.95. The van der Waals surface area contributed by atoms with Crippen LogP contribution in [0.5, 0.6) is 0 Å². The molecule has 0 spiro atoms. The highest BCUT2D eigenvalue weighted by Gasteiger charge is 2.25. The van der Waals surface area contributed by atoms with Crippen molar-refractivity contribution in [3.05, 3.63) is 71.0 Å². The van der Waals surface area contributed by atoms with Crippen LogP contribution in [0.15, 0.2) is 48.5 Å². The number of rotatable bonds is 7. The quantitative estimate of drug-likeness (QED) is 0.752. The van der Waals surface area contributed by atoms with Crippen molar-refractivity contribution in [3.63, 3.8) is 0 Å². The first-order valence-corrected chi connectivity index (χ1v) is 11.2. The molecule has 0 unspecified atom stereocenters. The molecule has 0 bridgehead atoms. The molecule has 0 atom stereocenters. The van der Waals surface area contributed by atoms with Crippen molar-refractivity contribution in [2.24, 2.45) is 5.92 Å². The van der Waals surface area contributed by atoms with Gasteiger partial charge in [-0.3, -0.25) is 14.6 Å². The Morgan fingerprint density at radius 2 is 1.60 bits per heavy atom. The zero-order chi connectivity index (χ0) is 20.8. The van der Waals surface area contributed by atoms with E-state index in [-0.39, 0.29) is 17.6 Å². The normalized spacial score (nSPS) is 18.6. The predicted molar refractivity (Wildman–Crippen MR) is 117 cm³/mol. The molecule has 2 aliphatic heterocycles. The number of benzene rings is 2. The number of nitrogens with zero attached hydrogens (tertiary/aromatic N) is 2. The Hall–Kier alpha value is -2.24. The maximum absolute atomic E-state index is 13.9. The van der Waals surface area contributed by atoms with Crippen LogP contribution >= 0.6 is 0 Å². The molecule has 2 aromatic rings. The fourth-order valence-electron chi connectivity index (χ4n) is 4.59. The Kier molecular flexibility index (Phi) is 7.13. The van der Waals surface area contributed by atoms with Gasteiger partial charge in [0.15, 0.2) is 0 Å². The summed E-state index contributed by atoms with van der Waals surface area (Å²) in [7, 11) is 0. The van der Waals surface area contributed by atoms with Gasteiger partial charge in [0.05, 0.1) is 0 Å². The maximum atomic E-state index is 13.9. The first-order valence-electron chi connectivity index (χ1n) is 11.2. The van der Waals surface area contributed by atoms with Gasteiger partial charge < -0.3 is 5.32 Å². The van der Waals surface area contributed by atoms with Gasteiger partial charge in [0, 0.05) is 31.1 Å². The summed E-state index contributed by atoms with van der Waals surface area (Å²) in [5.41, 5.74) is 3.22. The first-order chi connectivity index (χ1) is 14.7. The van der Waals surface area contributed by atoms with E-state index < -0.39 is 0 Å². The average molecular weight is 410 g/mol. The van der Waals surface area contributed by atoms with Crippen LogP contribution in [-0.4, -0.2) is 41.9 Å². The minimum absolute atomic E-state index is 0.0506. The van der Waals surface area contributed by atoms with Gasteiger partial charge >= 0.3 is 0 Å². The van der Waals surface area contributed by atoms with E-state index in [0.717, 1.165) is 43.6 Å². The molecular formula is C25H32FN3O. The van der Waals surface area contributed by atoms with Gasteiger partial charge in [-0.1, -0.05) is 42.5 Å². The van der Waals surface area contributed by atoms with Crippen LogP contribution in [0.25, 0.3) is 0 Å². The van der Waals surface area contributed by atoms with Crippen molar-refractivity contribution in [1.29, 1.82) is 0 Å². The fraction of sp³-hybridized carbons (Fsp3) is 0.480. The lowest BCUT2D eigenvalue weighted by molar-refractivity contribution is -0.126. The second-order valence-electron chi connectivity index (χ2n) is 8.66. The van der Waals surface area contributed by atoms with Crippen molar-refractivity contribution >= 4 is 5.91 Å². The number of carbonyl (C=O) groups excluding carboxylic acids is 1. The average Bonchev–Trinajstić information content (AvgIpc) is 3.27. The highest BCUT2D eigenvalue weighted by atomic mass is 19.1. The number of piperidine rings is 1. The monoisotopic (exact) mass is 409 g/mol. The summed E-state index contributed by atoms with van der Waals surface area (Å²) in [6.45, 7) is 6.25. The second-order valence-corrected chi connectivity index (χ2v) is 8.66. The maximum Gasteiger partial charge on any atom is 0.223 e. The summed E-state index contributed by atoms with van der Waals surface area (Å²) in [6, 6.07) is 15.5. The number of hydrogen-bond donors (Lipinski definition) is 1. The molecule has 0 radical (unpaired) electrons. The van der Waals surface area contributed by atoms with E-state index in [2.05, 4.69) is 39.4 Å². The van der Waals surface area contributed by atoms with Crippen LogP contribution < -0.4 is 5.32 Å². The van der Waals surface area contributed by atoms with Gasteiger partial charge in [-0.05, 0) is 69.1 Å². The van der Waals surface area contributed by atoms with Gasteiger partial charge in [0.2, 0.25) is 5.91 Å². The summed E-state index contributed by atoms with van der Waals surface area (Å²) in [6.07, 6.45) is 4.26. The van der Waals surface area contributed by atoms with E-state index in [4.69, 9.17) is 0 Å². The van der Waals surface area contributed by atoms with Crippen molar-refractivity contribution < 1.29 is 9.18 Å². The number of halogens is 1. The number of carbonyl (C=O) groups is 1. The Bertz CT molecular complexity index is 842. The minimum atomic E-state index is -0.149. The molecule has 160 valence electrons. The van der Waals surface area contributed by atoms with Crippen LogP contribution in [0.2, 0.25) is 0 Å². The minimum Gasteiger partial charge on any atom is -0.352 e. The second kappa shape index (κ2) is 10.2. The number of hydrogen-bond acceptors (Lipinski definition) is 3. The molecule has 2 heterocycles. The molecule has 2 aliphatic rings. The largest absolute Gasteiger partial charge is 0.352 e. The van der Waals surface area contributed by atoms with E-state index in [1.165, 1.54) is 37.6 Å². The third-order valence-electron chi connectivity index (χ3n) is 6.37. The Morgan fingerprint density at radius 1 is 0.900 bits per heavy atom. The predicted octanol–water partition coefficient (Wildman–Crippen LogP) is 3.95. The molecule has 1 amide bonds. The SMILES string of the molecule is O=C(NCc1cccc(CN2CCCC2)c1)C1CCN(Cc2ccccc2F)CC1. The third kappa shape index (κ3) is 5.67. The molecule has 2 saturated heterocycles. The van der Waals surface area contributed by atoms with Crippen LogP contribution in [-0.2, 0) is 24.4 Å². The fourth-order valence-corrected chi connectivity index (χ4v) is 4.59. The molecule has 0 saturated carbocycles. The number of nitrogens with one attached hydrogen (secondary N) is 1. The Balaban J connectivity index is 1.22. The summed E-state index contributed by atoms with van der Waals surface area (Å²) in [5.74, 6) is 0.0458. The van der Waals surface area contributed by atoms with Crippen LogP contribution in [0, 0.1) is 11.7 Å². The summed E-state index contributed by atoms with van der Waals surface area (Å²) in [4.78, 5) is 17.4. The van der Waals surface area contributed by atoms with Gasteiger partial charge in [-0.25, -0.2) is 4.39 Å². The van der Waals surface area contributed by atoms with Crippen LogP contribution in [0.4, 0.5) is 4.39 Å². The van der Waals surface area contributed by atoms with Crippen LogP contribution in [0.3, 0.4) is 0 Å². The van der Waals surface area contributed by atoms with Gasteiger partial charge in [0.1, 0.15) is 5.82 Å². The molecule has 1 N–H and O–H groups in total. The Labute approximate surface area is 179 Å². The molecule has 2 aromatic carbocycles. The zero-order valence-electron chi connectivity index (χ0n) is 17.7. The third-order valence-corrected chi connectivity index (χ3v) is 6.37. The number of amides is 1. The van der Waals surface area contributed by atoms with Crippen molar-refractivity contribution in [2.75, 3.05) is 26.2 Å². The molecular weight excluding hydrogens is 377 g/mol. The van der Waals surface area contributed by atoms with E-state index in [0.29, 0.717) is 13.1 Å². The van der Waals surface area contributed by atoms with Crippen LogP contribution in [0.1, 0.15) is 42.4 Å². The molecule has 0 aromatic heterocycles. The van der Waals surface area contributed by atoms with E-state index in [1.54, 1.807) is 6.07 Å². The first kappa shape index (κ1) is 21.0. The van der Waals surface area contributed by atoms with Crippen molar-refractivity contribution in [3.8, 4) is 0 Å². The van der Waals surface area contributed by atoms with E-state index in [1.807, 2.05) is 12.1 Å². The van der Waals surface area contributed by atoms with Gasteiger partial charge in [-0.15, -0.1) is 0 Å². The number of likely N-dealkylation sites (tertiary alicyclic amines) is 2. The molecule has 0 aliphatic carbocycles. The van der Waals surface area contributed by atoms with Crippen molar-refractivity contribution in [1.82, 2.24) is 15.1 Å². The van der Waals surface area contributed by atoms with E-state index in [9.17, 15) is 9.18 Å². The molecule has 2 fully saturated rings. The summed E-state index contributed by atoms with van der Waals surface area (Å²) >= 11 is 0. The molecule has 4 rings (SSSR count). The molecule has 4 nitrogen and oxygen atoms in total. The lowest BCUT2D eigenvalue weighted by Crippen LogP contribution is -2.40.